The van der Waals surface area contributed by atoms with Crippen LogP contribution in [0.5, 0.6) is 0 Å². The van der Waals surface area contributed by atoms with Crippen molar-refractivity contribution >= 4 is 5.97 Å². The van der Waals surface area contributed by atoms with E-state index in [0.717, 1.165) is 30.8 Å². The Labute approximate surface area is 144 Å². The Kier molecular flexibility index (Phi) is 5.31. The van der Waals surface area contributed by atoms with E-state index in [1.54, 1.807) is 0 Å². The molecule has 0 unspecified atom stereocenters. The number of carbonyl (C=O) groups excluding carboxylic acids is 1. The second-order valence-electron chi connectivity index (χ2n) is 6.54. The minimum Gasteiger partial charge on any atom is -0.463 e. The number of ether oxygens (including phenoxy) is 1. The zero-order valence-corrected chi connectivity index (χ0v) is 14.3. The zero-order valence-electron chi connectivity index (χ0n) is 14.3. The average Bonchev–Trinajstić information content (AvgIpc) is 3.16. The first kappa shape index (κ1) is 16.7. The molecule has 0 aromatic heterocycles. The summed E-state index contributed by atoms with van der Waals surface area (Å²) in [6, 6.07) is 19.8. The predicted molar refractivity (Wildman–Crippen MR) is 96.0 cm³/mol. The number of likely N-dealkylation sites (tertiary alicyclic amines) is 1. The van der Waals surface area contributed by atoms with Crippen molar-refractivity contribution in [2.24, 2.45) is 0 Å². The lowest BCUT2D eigenvalue weighted by molar-refractivity contribution is -0.148. The fourth-order valence-corrected chi connectivity index (χ4v) is 3.36. The summed E-state index contributed by atoms with van der Waals surface area (Å²) >= 11 is 0. The molecule has 126 valence electrons. The highest BCUT2D eigenvalue weighted by Crippen LogP contribution is 2.33. The maximum absolute atomic E-state index is 13.0. The summed E-state index contributed by atoms with van der Waals surface area (Å²) in [7, 11) is 0. The van der Waals surface area contributed by atoms with Crippen molar-refractivity contribution in [3.63, 3.8) is 0 Å². The summed E-state index contributed by atoms with van der Waals surface area (Å²) in [5.41, 5.74) is 1.14. The third kappa shape index (κ3) is 3.51. The van der Waals surface area contributed by atoms with Crippen LogP contribution in [0.1, 0.15) is 30.9 Å². The lowest BCUT2D eigenvalue weighted by Gasteiger charge is -2.29. The SMILES string of the molecule is CC(C(=O)OCCN1CCCC1)(c1ccccc1)c1ccccc1. The molecule has 3 rings (SSSR count). The van der Waals surface area contributed by atoms with Crippen molar-refractivity contribution in [1.82, 2.24) is 4.90 Å². The molecule has 3 heteroatoms. The Bertz CT molecular complexity index is 609. The van der Waals surface area contributed by atoms with E-state index in [-0.39, 0.29) is 5.97 Å². The van der Waals surface area contributed by atoms with Gasteiger partial charge in [-0.15, -0.1) is 0 Å². The lowest BCUT2D eigenvalue weighted by atomic mass is 9.76. The smallest absolute Gasteiger partial charge is 0.320 e. The van der Waals surface area contributed by atoms with Crippen LogP contribution in [0.3, 0.4) is 0 Å². The van der Waals surface area contributed by atoms with Crippen LogP contribution in [0, 0.1) is 0 Å². The molecule has 1 fully saturated rings. The van der Waals surface area contributed by atoms with Gasteiger partial charge in [-0.1, -0.05) is 60.7 Å². The van der Waals surface area contributed by atoms with E-state index in [1.807, 2.05) is 67.6 Å². The Morgan fingerprint density at radius 3 is 1.96 bits per heavy atom. The van der Waals surface area contributed by atoms with Crippen LogP contribution < -0.4 is 0 Å². The molecular weight excluding hydrogens is 298 g/mol. The topological polar surface area (TPSA) is 29.5 Å². The highest BCUT2D eigenvalue weighted by molar-refractivity contribution is 5.87. The van der Waals surface area contributed by atoms with Gasteiger partial charge in [0.15, 0.2) is 0 Å². The Morgan fingerprint density at radius 2 is 1.46 bits per heavy atom. The Morgan fingerprint density at radius 1 is 0.958 bits per heavy atom. The molecule has 0 amide bonds. The van der Waals surface area contributed by atoms with Gasteiger partial charge in [-0.2, -0.15) is 0 Å². The van der Waals surface area contributed by atoms with Gasteiger partial charge in [0.25, 0.3) is 0 Å². The molecule has 3 nitrogen and oxygen atoms in total. The molecule has 0 aliphatic carbocycles. The van der Waals surface area contributed by atoms with Crippen molar-refractivity contribution in [1.29, 1.82) is 0 Å². The van der Waals surface area contributed by atoms with Gasteiger partial charge in [0, 0.05) is 6.54 Å². The van der Waals surface area contributed by atoms with Gasteiger partial charge in [-0.25, -0.2) is 0 Å². The molecule has 2 aromatic carbocycles. The minimum absolute atomic E-state index is 0.181. The monoisotopic (exact) mass is 323 g/mol. The highest BCUT2D eigenvalue weighted by Gasteiger charge is 2.38. The van der Waals surface area contributed by atoms with Crippen LogP contribution in [0.15, 0.2) is 60.7 Å². The number of hydrogen-bond donors (Lipinski definition) is 0. The molecule has 24 heavy (non-hydrogen) atoms. The lowest BCUT2D eigenvalue weighted by Crippen LogP contribution is -2.37. The number of esters is 1. The van der Waals surface area contributed by atoms with Crippen molar-refractivity contribution < 1.29 is 9.53 Å². The van der Waals surface area contributed by atoms with Crippen molar-refractivity contribution in [3.05, 3.63) is 71.8 Å². The van der Waals surface area contributed by atoms with Gasteiger partial charge in [-0.3, -0.25) is 9.69 Å². The maximum atomic E-state index is 13.0. The fourth-order valence-electron chi connectivity index (χ4n) is 3.36. The van der Waals surface area contributed by atoms with Crippen molar-refractivity contribution in [3.8, 4) is 0 Å². The normalized spacial score (nSPS) is 15.4. The van der Waals surface area contributed by atoms with Gasteiger partial charge in [0.05, 0.1) is 0 Å². The number of carbonyl (C=O) groups is 1. The van der Waals surface area contributed by atoms with Crippen molar-refractivity contribution in [2.45, 2.75) is 25.2 Å². The molecule has 0 atom stereocenters. The second kappa shape index (κ2) is 7.63. The molecule has 0 spiro atoms. The highest BCUT2D eigenvalue weighted by atomic mass is 16.5. The minimum atomic E-state index is -0.784. The molecule has 1 saturated heterocycles. The van der Waals surface area contributed by atoms with Gasteiger partial charge >= 0.3 is 5.97 Å². The van der Waals surface area contributed by atoms with E-state index in [2.05, 4.69) is 4.90 Å². The molecule has 0 bridgehead atoms. The van der Waals surface area contributed by atoms with E-state index in [4.69, 9.17) is 4.74 Å². The van der Waals surface area contributed by atoms with Crippen LogP contribution in [-0.2, 0) is 14.9 Å². The summed E-state index contributed by atoms with van der Waals surface area (Å²) in [5.74, 6) is -0.181. The number of rotatable bonds is 6. The molecule has 1 heterocycles. The van der Waals surface area contributed by atoms with Crippen LogP contribution in [0.2, 0.25) is 0 Å². The third-order valence-electron chi connectivity index (χ3n) is 4.95. The van der Waals surface area contributed by atoms with Crippen LogP contribution in [0.4, 0.5) is 0 Å². The van der Waals surface area contributed by atoms with Crippen LogP contribution in [-0.4, -0.2) is 37.1 Å². The number of nitrogens with zero attached hydrogens (tertiary/aromatic N) is 1. The molecule has 1 aliphatic heterocycles. The average molecular weight is 323 g/mol. The summed E-state index contributed by atoms with van der Waals surface area (Å²) in [6.07, 6.45) is 2.50. The molecular formula is C21H25NO2. The molecule has 2 aromatic rings. The Hall–Kier alpha value is -2.13. The first-order chi connectivity index (χ1) is 11.7. The third-order valence-corrected chi connectivity index (χ3v) is 4.95. The van der Waals surface area contributed by atoms with E-state index < -0.39 is 5.41 Å². The van der Waals surface area contributed by atoms with E-state index in [0.29, 0.717) is 6.61 Å². The van der Waals surface area contributed by atoms with Crippen LogP contribution in [0.25, 0.3) is 0 Å². The summed E-state index contributed by atoms with van der Waals surface area (Å²) in [6.45, 7) is 5.47. The largest absolute Gasteiger partial charge is 0.463 e. The van der Waals surface area contributed by atoms with E-state index in [9.17, 15) is 4.79 Å². The van der Waals surface area contributed by atoms with Gasteiger partial charge < -0.3 is 4.74 Å². The maximum Gasteiger partial charge on any atom is 0.320 e. The summed E-state index contributed by atoms with van der Waals surface area (Å²) in [4.78, 5) is 15.4. The second-order valence-corrected chi connectivity index (χ2v) is 6.54. The van der Waals surface area contributed by atoms with E-state index >= 15 is 0 Å². The van der Waals surface area contributed by atoms with Crippen molar-refractivity contribution in [2.75, 3.05) is 26.2 Å². The van der Waals surface area contributed by atoms with Gasteiger partial charge in [0.1, 0.15) is 12.0 Å². The van der Waals surface area contributed by atoms with Crippen LogP contribution >= 0.6 is 0 Å². The first-order valence-electron chi connectivity index (χ1n) is 8.72. The standard InChI is InChI=1S/C21H25NO2/c1-21(18-10-4-2-5-11-18,19-12-6-3-7-13-19)20(23)24-17-16-22-14-8-9-15-22/h2-7,10-13H,8-9,14-17H2,1H3. The molecule has 0 radical (unpaired) electrons. The summed E-state index contributed by atoms with van der Waals surface area (Å²) in [5, 5.41) is 0. The van der Waals surface area contributed by atoms with E-state index in [1.165, 1.54) is 12.8 Å². The van der Waals surface area contributed by atoms with Gasteiger partial charge in [-0.05, 0) is 44.0 Å². The number of hydrogen-bond acceptors (Lipinski definition) is 3. The zero-order chi connectivity index (χ0) is 16.8. The molecule has 0 N–H and O–H groups in total. The Balaban J connectivity index is 1.78. The van der Waals surface area contributed by atoms with Gasteiger partial charge in [0.2, 0.25) is 0 Å². The molecule has 1 aliphatic rings. The first-order valence-corrected chi connectivity index (χ1v) is 8.72. The summed E-state index contributed by atoms with van der Waals surface area (Å²) < 4.78 is 5.70. The predicted octanol–water partition coefficient (Wildman–Crippen LogP) is 3.63. The fraction of sp³-hybridized carbons (Fsp3) is 0.381. The quantitative estimate of drug-likeness (QED) is 0.760. The number of benzene rings is 2. The molecule has 0 saturated carbocycles.